The molecular weight excluding hydrogens is 268 g/mol. The van der Waals surface area contributed by atoms with Gasteiger partial charge in [0.1, 0.15) is 0 Å². The van der Waals surface area contributed by atoms with Crippen LogP contribution in [-0.4, -0.2) is 10.4 Å². The van der Waals surface area contributed by atoms with E-state index in [2.05, 4.69) is 9.93 Å². The Morgan fingerprint density at radius 2 is 1.75 bits per heavy atom. The molecule has 0 aliphatic heterocycles. The summed E-state index contributed by atoms with van der Waals surface area (Å²) in [7, 11) is -1.32. The van der Waals surface area contributed by atoms with Gasteiger partial charge in [0, 0.05) is 6.21 Å². The van der Waals surface area contributed by atoms with Crippen molar-refractivity contribution in [2.24, 2.45) is 5.10 Å². The third-order valence-electron chi connectivity index (χ3n) is 2.62. The Bertz CT molecular complexity index is 619. The second-order valence-electron chi connectivity index (χ2n) is 4.22. The fourth-order valence-electron chi connectivity index (χ4n) is 1.55. The summed E-state index contributed by atoms with van der Waals surface area (Å²) in [5.41, 5.74) is 2.23. The molecule has 1 unspecified atom stereocenters. The van der Waals surface area contributed by atoms with E-state index in [9.17, 15) is 4.21 Å². The van der Waals surface area contributed by atoms with E-state index >= 15 is 0 Å². The summed E-state index contributed by atoms with van der Waals surface area (Å²) >= 11 is 0. The van der Waals surface area contributed by atoms with Crippen LogP contribution in [0.2, 0.25) is 0 Å². The summed E-state index contributed by atoms with van der Waals surface area (Å²) in [6, 6.07) is 17.4. The van der Waals surface area contributed by atoms with Crippen LogP contribution in [0.1, 0.15) is 11.1 Å². The number of benzene rings is 2. The molecule has 1 atom stereocenters. The Balaban J connectivity index is 1.86. The molecule has 0 fully saturated rings. The first-order chi connectivity index (χ1) is 9.75. The fourth-order valence-corrected chi connectivity index (χ4v) is 2.20. The number of allylic oxidation sites excluding steroid dienone is 1. The van der Waals surface area contributed by atoms with Crippen molar-refractivity contribution < 1.29 is 4.21 Å². The average molecular weight is 284 g/mol. The second kappa shape index (κ2) is 7.40. The predicted octanol–water partition coefficient (Wildman–Crippen LogP) is 3.31. The molecule has 2 rings (SSSR count). The molecule has 0 bridgehead atoms. The van der Waals surface area contributed by atoms with Crippen molar-refractivity contribution in [2.45, 2.75) is 11.8 Å². The van der Waals surface area contributed by atoms with Gasteiger partial charge < -0.3 is 0 Å². The number of nitrogens with zero attached hydrogens (tertiary/aromatic N) is 1. The van der Waals surface area contributed by atoms with E-state index in [1.54, 1.807) is 12.3 Å². The maximum Gasteiger partial charge on any atom is 0.166 e. The van der Waals surface area contributed by atoms with Gasteiger partial charge in [-0.1, -0.05) is 54.1 Å². The highest BCUT2D eigenvalue weighted by Gasteiger charge is 1.99. The summed E-state index contributed by atoms with van der Waals surface area (Å²) in [5.74, 6) is 0. The Morgan fingerprint density at radius 3 is 2.45 bits per heavy atom. The molecule has 0 saturated heterocycles. The lowest BCUT2D eigenvalue weighted by Crippen LogP contribution is -2.09. The summed E-state index contributed by atoms with van der Waals surface area (Å²) in [6.07, 6.45) is 5.31. The summed E-state index contributed by atoms with van der Waals surface area (Å²) in [6.45, 7) is 1.99. The second-order valence-corrected chi connectivity index (χ2v) is 5.41. The molecule has 0 heterocycles. The Hall–Kier alpha value is -2.20. The van der Waals surface area contributed by atoms with E-state index in [0.717, 1.165) is 11.1 Å². The van der Waals surface area contributed by atoms with Crippen LogP contribution < -0.4 is 4.83 Å². The molecule has 0 aromatic heterocycles. The largest absolute Gasteiger partial charge is 0.230 e. The zero-order valence-electron chi connectivity index (χ0n) is 11.2. The van der Waals surface area contributed by atoms with E-state index in [4.69, 9.17) is 0 Å². The van der Waals surface area contributed by atoms with E-state index in [-0.39, 0.29) is 0 Å². The lowest BCUT2D eigenvalue weighted by molar-refractivity contribution is 0.675. The van der Waals surface area contributed by atoms with Gasteiger partial charge in [0.2, 0.25) is 0 Å². The smallest absolute Gasteiger partial charge is 0.166 e. The molecule has 2 aromatic rings. The molecule has 0 amide bonds. The van der Waals surface area contributed by atoms with Crippen molar-refractivity contribution in [3.05, 3.63) is 71.8 Å². The molecule has 0 spiro atoms. The number of hydrogen-bond acceptors (Lipinski definition) is 2. The van der Waals surface area contributed by atoms with Crippen LogP contribution in [0, 0.1) is 6.92 Å². The van der Waals surface area contributed by atoms with E-state index < -0.39 is 11.0 Å². The predicted molar refractivity (Wildman–Crippen MR) is 84.7 cm³/mol. The van der Waals surface area contributed by atoms with Crippen molar-refractivity contribution in [1.29, 1.82) is 0 Å². The molecule has 0 aliphatic rings. The van der Waals surface area contributed by atoms with Crippen molar-refractivity contribution in [1.82, 2.24) is 4.83 Å². The molecule has 0 radical (unpaired) electrons. The van der Waals surface area contributed by atoms with E-state index in [1.165, 1.54) is 0 Å². The van der Waals surface area contributed by atoms with Crippen LogP contribution in [0.25, 0.3) is 6.08 Å². The Morgan fingerprint density at radius 1 is 1.05 bits per heavy atom. The molecule has 1 N–H and O–H groups in total. The van der Waals surface area contributed by atoms with Gasteiger partial charge in [-0.25, -0.2) is 9.04 Å². The number of aryl methyl sites for hydroxylation is 1. The van der Waals surface area contributed by atoms with Gasteiger partial charge >= 0.3 is 0 Å². The zero-order chi connectivity index (χ0) is 14.2. The molecule has 2 aromatic carbocycles. The van der Waals surface area contributed by atoms with Crippen molar-refractivity contribution in [3.8, 4) is 0 Å². The van der Waals surface area contributed by atoms with E-state index in [1.807, 2.05) is 67.6 Å². The van der Waals surface area contributed by atoms with Crippen LogP contribution in [-0.2, 0) is 11.0 Å². The Labute approximate surface area is 121 Å². The molecule has 102 valence electrons. The normalized spacial score (nSPS) is 12.8. The molecule has 20 heavy (non-hydrogen) atoms. The molecule has 3 nitrogen and oxygen atoms in total. The minimum absolute atomic E-state index is 0.708. The van der Waals surface area contributed by atoms with Crippen molar-refractivity contribution in [3.63, 3.8) is 0 Å². The maximum atomic E-state index is 11.9. The summed E-state index contributed by atoms with van der Waals surface area (Å²) < 4.78 is 11.9. The van der Waals surface area contributed by atoms with Crippen LogP contribution >= 0.6 is 0 Å². The number of nitrogens with one attached hydrogen (secondary N) is 1. The van der Waals surface area contributed by atoms with Gasteiger partial charge in [-0.3, -0.25) is 0 Å². The monoisotopic (exact) mass is 284 g/mol. The minimum atomic E-state index is -1.32. The van der Waals surface area contributed by atoms with Gasteiger partial charge in [0.25, 0.3) is 0 Å². The highest BCUT2D eigenvalue weighted by Crippen LogP contribution is 2.06. The summed E-state index contributed by atoms with van der Waals surface area (Å²) in [5, 5.41) is 3.92. The Kier molecular flexibility index (Phi) is 5.26. The first-order valence-corrected chi connectivity index (χ1v) is 7.39. The van der Waals surface area contributed by atoms with Crippen molar-refractivity contribution >= 4 is 23.3 Å². The first kappa shape index (κ1) is 14.2. The van der Waals surface area contributed by atoms with Crippen LogP contribution in [0.5, 0.6) is 0 Å². The number of hydrazone groups is 1. The number of rotatable bonds is 5. The van der Waals surface area contributed by atoms with E-state index in [0.29, 0.717) is 4.90 Å². The van der Waals surface area contributed by atoms with Gasteiger partial charge in [-0.05, 0) is 30.7 Å². The van der Waals surface area contributed by atoms with Gasteiger partial charge in [0.05, 0.1) is 4.90 Å². The highest BCUT2D eigenvalue weighted by atomic mass is 32.2. The quantitative estimate of drug-likeness (QED) is 0.664. The van der Waals surface area contributed by atoms with Crippen LogP contribution in [0.3, 0.4) is 0 Å². The standard InChI is InChI=1S/C16H16N2OS/c1-14-9-11-16(12-10-14)20(19)18-17-13-5-8-15-6-3-2-4-7-15/h2-13,18H,1H3. The van der Waals surface area contributed by atoms with Gasteiger partial charge in [-0.15, -0.1) is 0 Å². The minimum Gasteiger partial charge on any atom is -0.230 e. The van der Waals surface area contributed by atoms with Gasteiger partial charge in [0.15, 0.2) is 11.0 Å². The molecule has 0 aliphatic carbocycles. The zero-order valence-corrected chi connectivity index (χ0v) is 12.0. The first-order valence-electron chi connectivity index (χ1n) is 6.24. The molecule has 4 heteroatoms. The molecule has 0 saturated carbocycles. The molecular formula is C16H16N2OS. The summed E-state index contributed by atoms with van der Waals surface area (Å²) in [4.78, 5) is 3.30. The fraction of sp³-hybridized carbons (Fsp3) is 0.0625. The highest BCUT2D eigenvalue weighted by molar-refractivity contribution is 7.83. The number of hydrogen-bond donors (Lipinski definition) is 1. The maximum absolute atomic E-state index is 11.9. The third kappa shape index (κ3) is 4.48. The van der Waals surface area contributed by atoms with Crippen molar-refractivity contribution in [2.75, 3.05) is 0 Å². The van der Waals surface area contributed by atoms with Gasteiger partial charge in [-0.2, -0.15) is 5.10 Å². The average Bonchev–Trinajstić information content (AvgIpc) is 2.48. The van der Waals surface area contributed by atoms with Crippen LogP contribution in [0.15, 0.2) is 70.7 Å². The topological polar surface area (TPSA) is 41.5 Å². The third-order valence-corrected chi connectivity index (χ3v) is 3.59. The lowest BCUT2D eigenvalue weighted by atomic mass is 10.2. The SMILES string of the molecule is Cc1ccc(S(=O)NN=CC=Cc2ccccc2)cc1. The lowest BCUT2D eigenvalue weighted by Gasteiger charge is -2.00. The van der Waals surface area contributed by atoms with Crippen LogP contribution in [0.4, 0.5) is 0 Å².